The van der Waals surface area contributed by atoms with Gasteiger partial charge in [0, 0.05) is 0 Å². The van der Waals surface area contributed by atoms with Crippen LogP contribution in [0.4, 0.5) is 4.39 Å². The van der Waals surface area contributed by atoms with Crippen LogP contribution in [0.5, 0.6) is 5.75 Å². The lowest BCUT2D eigenvalue weighted by Gasteiger charge is -2.07. The van der Waals surface area contributed by atoms with Crippen molar-refractivity contribution in [2.24, 2.45) is 5.84 Å². The molecule has 0 saturated carbocycles. The van der Waals surface area contributed by atoms with Gasteiger partial charge in [-0.2, -0.15) is 0 Å². The van der Waals surface area contributed by atoms with E-state index in [1.165, 1.54) is 18.2 Å². The Labute approximate surface area is 84.8 Å². The van der Waals surface area contributed by atoms with E-state index in [0.29, 0.717) is 0 Å². The monoisotopic (exact) mass is 218 g/mol. The highest BCUT2D eigenvalue weighted by Crippen LogP contribution is 2.26. The number of rotatable bonds is 3. The third-order valence-electron chi connectivity index (χ3n) is 1.43. The molecule has 6 heteroatoms. The van der Waals surface area contributed by atoms with Crippen molar-refractivity contribution in [3.05, 3.63) is 29.0 Å². The lowest BCUT2D eigenvalue weighted by atomic mass is 10.3. The number of ether oxygens (including phenoxy) is 1. The molecule has 0 aliphatic heterocycles. The molecule has 0 atom stereocenters. The van der Waals surface area contributed by atoms with Gasteiger partial charge in [-0.05, 0) is 12.1 Å². The van der Waals surface area contributed by atoms with Gasteiger partial charge in [0.25, 0.3) is 5.91 Å². The number of hydrogen-bond donors (Lipinski definition) is 2. The van der Waals surface area contributed by atoms with Gasteiger partial charge >= 0.3 is 0 Å². The van der Waals surface area contributed by atoms with Gasteiger partial charge in [-0.15, -0.1) is 0 Å². The zero-order valence-corrected chi connectivity index (χ0v) is 7.84. The number of para-hydroxylation sites is 1. The Kier molecular flexibility index (Phi) is 3.67. The van der Waals surface area contributed by atoms with Crippen molar-refractivity contribution >= 4 is 17.5 Å². The van der Waals surface area contributed by atoms with E-state index in [4.69, 9.17) is 22.2 Å². The minimum Gasteiger partial charge on any atom is -0.479 e. The molecule has 3 N–H and O–H groups in total. The van der Waals surface area contributed by atoms with Crippen LogP contribution in [0, 0.1) is 5.82 Å². The molecule has 0 aliphatic carbocycles. The van der Waals surface area contributed by atoms with Crippen LogP contribution in [0.15, 0.2) is 18.2 Å². The molecule has 1 aromatic carbocycles. The van der Waals surface area contributed by atoms with E-state index in [2.05, 4.69) is 0 Å². The normalized spacial score (nSPS) is 9.64. The molecule has 0 saturated heterocycles. The van der Waals surface area contributed by atoms with E-state index in [1.807, 2.05) is 5.43 Å². The Morgan fingerprint density at radius 2 is 2.36 bits per heavy atom. The van der Waals surface area contributed by atoms with Crippen LogP contribution in [-0.2, 0) is 4.79 Å². The summed E-state index contributed by atoms with van der Waals surface area (Å²) in [7, 11) is 0. The molecule has 0 unspecified atom stereocenters. The Morgan fingerprint density at radius 3 is 2.93 bits per heavy atom. The fourth-order valence-corrected chi connectivity index (χ4v) is 1.02. The van der Waals surface area contributed by atoms with Crippen molar-refractivity contribution in [2.45, 2.75) is 0 Å². The minimum absolute atomic E-state index is 0.106. The maximum absolute atomic E-state index is 13.0. The highest BCUT2D eigenvalue weighted by Gasteiger charge is 2.09. The first-order valence-electron chi connectivity index (χ1n) is 3.71. The largest absolute Gasteiger partial charge is 0.479 e. The predicted molar refractivity (Wildman–Crippen MR) is 49.2 cm³/mol. The molecule has 0 fully saturated rings. The number of halogens is 2. The van der Waals surface area contributed by atoms with E-state index < -0.39 is 11.7 Å². The topological polar surface area (TPSA) is 64.3 Å². The van der Waals surface area contributed by atoms with E-state index >= 15 is 0 Å². The molecule has 0 heterocycles. The summed E-state index contributed by atoms with van der Waals surface area (Å²) in [6, 6.07) is 4.08. The zero-order chi connectivity index (χ0) is 10.6. The van der Waals surface area contributed by atoms with E-state index in [0.717, 1.165) is 0 Å². The maximum atomic E-state index is 13.0. The molecule has 0 aromatic heterocycles. The zero-order valence-electron chi connectivity index (χ0n) is 7.09. The molecule has 0 bridgehead atoms. The molecular weight excluding hydrogens is 211 g/mol. The fraction of sp³-hybridized carbons (Fsp3) is 0.125. The van der Waals surface area contributed by atoms with Crippen LogP contribution in [0.2, 0.25) is 5.02 Å². The molecule has 0 radical (unpaired) electrons. The summed E-state index contributed by atoms with van der Waals surface area (Å²) in [5.74, 6) is 3.46. The van der Waals surface area contributed by atoms with Gasteiger partial charge in [0.15, 0.2) is 18.2 Å². The molecule has 1 rings (SSSR count). The highest BCUT2D eigenvalue weighted by atomic mass is 35.5. The molecule has 1 amide bonds. The lowest BCUT2D eigenvalue weighted by Crippen LogP contribution is -2.34. The van der Waals surface area contributed by atoms with Crippen LogP contribution in [0.25, 0.3) is 0 Å². The SMILES string of the molecule is NNC(=O)COc1c(F)cccc1Cl. The van der Waals surface area contributed by atoms with Gasteiger partial charge in [0.1, 0.15) is 0 Å². The standard InChI is InChI=1S/C8H8ClFN2O2/c9-5-2-1-3-6(10)8(5)14-4-7(13)12-11/h1-3H,4,11H2,(H,12,13). The van der Waals surface area contributed by atoms with Gasteiger partial charge in [-0.25, -0.2) is 10.2 Å². The van der Waals surface area contributed by atoms with Crippen LogP contribution in [-0.4, -0.2) is 12.5 Å². The summed E-state index contributed by atoms with van der Waals surface area (Å²) in [6.45, 7) is -0.378. The second-order valence-electron chi connectivity index (χ2n) is 2.41. The van der Waals surface area contributed by atoms with Crippen LogP contribution in [0.1, 0.15) is 0 Å². The van der Waals surface area contributed by atoms with E-state index in [-0.39, 0.29) is 17.4 Å². The smallest absolute Gasteiger partial charge is 0.271 e. The first kappa shape index (κ1) is 10.7. The third kappa shape index (κ3) is 2.58. The number of carbonyl (C=O) groups is 1. The van der Waals surface area contributed by atoms with Crippen LogP contribution in [0.3, 0.4) is 0 Å². The van der Waals surface area contributed by atoms with Gasteiger partial charge in [-0.1, -0.05) is 17.7 Å². The quantitative estimate of drug-likeness (QED) is 0.449. The summed E-state index contributed by atoms with van der Waals surface area (Å²) < 4.78 is 17.9. The predicted octanol–water partition coefficient (Wildman–Crippen LogP) is 0.848. The molecule has 1 aromatic rings. The van der Waals surface area contributed by atoms with Crippen molar-refractivity contribution in [1.29, 1.82) is 0 Å². The third-order valence-corrected chi connectivity index (χ3v) is 1.73. The van der Waals surface area contributed by atoms with Crippen molar-refractivity contribution < 1.29 is 13.9 Å². The maximum Gasteiger partial charge on any atom is 0.271 e. The van der Waals surface area contributed by atoms with E-state index in [9.17, 15) is 9.18 Å². The summed E-state index contributed by atoms with van der Waals surface area (Å²) in [5, 5.41) is 0.106. The number of carbonyl (C=O) groups excluding carboxylic acids is 1. The van der Waals surface area contributed by atoms with Gasteiger partial charge in [0.2, 0.25) is 0 Å². The first-order valence-corrected chi connectivity index (χ1v) is 4.09. The second-order valence-corrected chi connectivity index (χ2v) is 2.81. The van der Waals surface area contributed by atoms with Crippen LogP contribution < -0.4 is 16.0 Å². The molecule has 76 valence electrons. The number of amides is 1. The molecule has 14 heavy (non-hydrogen) atoms. The first-order chi connectivity index (χ1) is 6.65. The second kappa shape index (κ2) is 4.78. The van der Waals surface area contributed by atoms with Crippen molar-refractivity contribution in [3.8, 4) is 5.75 Å². The van der Waals surface area contributed by atoms with Gasteiger partial charge in [-0.3, -0.25) is 10.2 Å². The lowest BCUT2D eigenvalue weighted by molar-refractivity contribution is -0.123. The summed E-state index contributed by atoms with van der Waals surface area (Å²) >= 11 is 5.63. The Hall–Kier alpha value is -1.33. The minimum atomic E-state index is -0.623. The number of hydrogen-bond acceptors (Lipinski definition) is 3. The average Bonchev–Trinajstić information content (AvgIpc) is 2.16. The van der Waals surface area contributed by atoms with Crippen molar-refractivity contribution in [3.63, 3.8) is 0 Å². The average molecular weight is 219 g/mol. The summed E-state index contributed by atoms with van der Waals surface area (Å²) in [4.78, 5) is 10.7. The Morgan fingerprint density at radius 1 is 1.64 bits per heavy atom. The Balaban J connectivity index is 2.71. The number of benzene rings is 1. The van der Waals surface area contributed by atoms with Gasteiger partial charge in [0.05, 0.1) is 5.02 Å². The van der Waals surface area contributed by atoms with Crippen molar-refractivity contribution in [1.82, 2.24) is 5.43 Å². The summed E-state index contributed by atoms with van der Waals surface area (Å²) in [5.41, 5.74) is 1.84. The summed E-state index contributed by atoms with van der Waals surface area (Å²) in [6.07, 6.45) is 0. The van der Waals surface area contributed by atoms with Crippen LogP contribution >= 0.6 is 11.6 Å². The molecule has 0 aliphatic rings. The number of hydrazine groups is 1. The molecule has 0 spiro atoms. The number of nitrogens with one attached hydrogen (secondary N) is 1. The van der Waals surface area contributed by atoms with E-state index in [1.54, 1.807) is 0 Å². The highest BCUT2D eigenvalue weighted by molar-refractivity contribution is 6.32. The molecular formula is C8H8ClFN2O2. The number of nitrogens with two attached hydrogens (primary N) is 1. The van der Waals surface area contributed by atoms with Gasteiger partial charge < -0.3 is 4.74 Å². The molecule has 4 nitrogen and oxygen atoms in total. The Bertz CT molecular complexity index is 326. The van der Waals surface area contributed by atoms with Crippen molar-refractivity contribution in [2.75, 3.05) is 6.61 Å². The fourth-order valence-electron chi connectivity index (χ4n) is 0.800.